The van der Waals surface area contributed by atoms with Crippen LogP contribution in [0.1, 0.15) is 24.0 Å². The molecule has 1 saturated heterocycles. The second-order valence-electron chi connectivity index (χ2n) is 10.3. The summed E-state index contributed by atoms with van der Waals surface area (Å²) in [6.45, 7) is -1.59. The topological polar surface area (TPSA) is 67.2 Å². The van der Waals surface area contributed by atoms with Crippen LogP contribution in [0.3, 0.4) is 0 Å². The van der Waals surface area contributed by atoms with Gasteiger partial charge < -0.3 is 0 Å². The predicted molar refractivity (Wildman–Crippen MR) is 130 cm³/mol. The van der Waals surface area contributed by atoms with Crippen LogP contribution in [0.4, 0.5) is 13.2 Å². The van der Waals surface area contributed by atoms with Crippen molar-refractivity contribution in [3.05, 3.63) is 65.7 Å². The van der Waals surface area contributed by atoms with Gasteiger partial charge in [0.05, 0.1) is 16.9 Å². The minimum Gasteiger partial charge on any atom is -0.267 e. The number of aromatic nitrogens is 2. The zero-order valence-electron chi connectivity index (χ0n) is 19.8. The molecule has 2 aliphatic carbocycles. The Morgan fingerprint density at radius 2 is 1.69 bits per heavy atom. The first-order valence-corrected chi connectivity index (χ1v) is 13.6. The first-order chi connectivity index (χ1) is 17.0. The van der Waals surface area contributed by atoms with Crippen LogP contribution in [0.25, 0.3) is 22.5 Å². The Morgan fingerprint density at radius 3 is 2.39 bits per heavy atom. The number of benzene rings is 2. The first-order valence-electron chi connectivity index (χ1n) is 12.1. The van der Waals surface area contributed by atoms with Gasteiger partial charge in [-0.25, -0.2) is 0 Å². The van der Waals surface area contributed by atoms with E-state index in [-0.39, 0.29) is 18.4 Å². The van der Waals surface area contributed by atoms with E-state index < -0.39 is 28.5 Å². The Kier molecular flexibility index (Phi) is 5.37. The van der Waals surface area contributed by atoms with Crippen molar-refractivity contribution in [1.82, 2.24) is 18.8 Å². The molecule has 1 N–H and O–H groups in total. The maximum atomic E-state index is 13.1. The maximum Gasteiger partial charge on any atom is 0.402 e. The molecule has 2 bridgehead atoms. The number of alkyl halides is 3. The molecule has 3 aromatic rings. The quantitative estimate of drug-likeness (QED) is 0.564. The molecule has 6 nitrogen and oxygen atoms in total. The van der Waals surface area contributed by atoms with Gasteiger partial charge in [-0.1, -0.05) is 42.5 Å². The van der Waals surface area contributed by atoms with Crippen LogP contribution in [0.5, 0.6) is 0 Å². The number of aryl methyl sites for hydroxylation is 1. The SMILES string of the molecule is Cn1nc(-c2ccc3c(c2)C[C@H]2CC[C@@H](C3)[C@]23CN(CC(F)(F)F)S(=O)(=O)N3)cc1-c1ccccc1. The highest BCUT2D eigenvalue weighted by atomic mass is 32.2. The predicted octanol–water partition coefficient (Wildman–Crippen LogP) is 4.33. The van der Waals surface area contributed by atoms with Crippen LogP contribution in [0, 0.1) is 11.8 Å². The molecule has 190 valence electrons. The van der Waals surface area contributed by atoms with Gasteiger partial charge in [-0.3, -0.25) is 4.68 Å². The fraction of sp³-hybridized carbons (Fsp3) is 0.423. The zero-order chi connectivity index (χ0) is 25.3. The lowest BCUT2D eigenvalue weighted by atomic mass is 9.79. The molecule has 2 fully saturated rings. The normalized spacial score (nSPS) is 27.3. The van der Waals surface area contributed by atoms with Crippen molar-refractivity contribution in [3.63, 3.8) is 0 Å². The summed E-state index contributed by atoms with van der Waals surface area (Å²) in [5.41, 5.74) is 5.30. The van der Waals surface area contributed by atoms with Gasteiger partial charge in [0.1, 0.15) is 6.54 Å². The molecule has 2 aromatic carbocycles. The average Bonchev–Trinajstić information content (AvgIpc) is 3.38. The van der Waals surface area contributed by atoms with Crippen molar-refractivity contribution >= 4 is 10.2 Å². The summed E-state index contributed by atoms with van der Waals surface area (Å²) >= 11 is 0. The fourth-order valence-electron chi connectivity index (χ4n) is 6.49. The van der Waals surface area contributed by atoms with Gasteiger partial charge in [-0.15, -0.1) is 0 Å². The van der Waals surface area contributed by atoms with Crippen LogP contribution < -0.4 is 4.72 Å². The molecular weight excluding hydrogens is 489 g/mol. The number of fused-ring (bicyclic) bond motifs is 1. The number of nitrogens with zero attached hydrogens (tertiary/aromatic N) is 3. The van der Waals surface area contributed by atoms with Crippen molar-refractivity contribution in [2.45, 2.75) is 37.4 Å². The van der Waals surface area contributed by atoms with Crippen molar-refractivity contribution < 1.29 is 21.6 Å². The highest BCUT2D eigenvalue weighted by molar-refractivity contribution is 7.87. The number of halogens is 3. The molecule has 1 spiro atoms. The Morgan fingerprint density at radius 1 is 1.00 bits per heavy atom. The second kappa shape index (κ2) is 8.16. The molecule has 10 heteroatoms. The Balaban J connectivity index is 1.31. The molecule has 1 aromatic heterocycles. The molecule has 3 aliphatic rings. The van der Waals surface area contributed by atoms with Gasteiger partial charge in [0.25, 0.3) is 10.2 Å². The molecule has 2 heterocycles. The van der Waals surface area contributed by atoms with Gasteiger partial charge in [-0.05, 0) is 66.3 Å². The second-order valence-corrected chi connectivity index (χ2v) is 12.0. The van der Waals surface area contributed by atoms with E-state index in [0.29, 0.717) is 17.1 Å². The van der Waals surface area contributed by atoms with E-state index in [4.69, 9.17) is 5.10 Å². The molecule has 6 rings (SSSR count). The Bertz CT molecular complexity index is 1420. The summed E-state index contributed by atoms with van der Waals surface area (Å²) in [6.07, 6.45) is -1.72. The maximum absolute atomic E-state index is 13.1. The Hall–Kier alpha value is -2.69. The molecule has 3 atom stereocenters. The van der Waals surface area contributed by atoms with Crippen molar-refractivity contribution in [1.29, 1.82) is 0 Å². The average molecular weight is 517 g/mol. The number of hydrogen-bond acceptors (Lipinski definition) is 3. The van der Waals surface area contributed by atoms with Crippen molar-refractivity contribution in [2.75, 3.05) is 13.1 Å². The van der Waals surface area contributed by atoms with Gasteiger partial charge in [0, 0.05) is 19.2 Å². The van der Waals surface area contributed by atoms with Crippen LogP contribution in [0.15, 0.2) is 54.6 Å². The number of rotatable bonds is 3. The molecule has 0 amide bonds. The van der Waals surface area contributed by atoms with Crippen molar-refractivity contribution in [3.8, 4) is 22.5 Å². The summed E-state index contributed by atoms with van der Waals surface area (Å²) in [4.78, 5) is 0. The summed E-state index contributed by atoms with van der Waals surface area (Å²) < 4.78 is 69.9. The summed E-state index contributed by atoms with van der Waals surface area (Å²) in [5.74, 6) is -0.0993. The monoisotopic (exact) mass is 516 g/mol. The van der Waals surface area contributed by atoms with Crippen LogP contribution in [0.2, 0.25) is 0 Å². The highest BCUT2D eigenvalue weighted by Crippen LogP contribution is 2.50. The largest absolute Gasteiger partial charge is 0.402 e. The summed E-state index contributed by atoms with van der Waals surface area (Å²) in [5, 5.41) is 4.72. The number of nitrogens with one attached hydrogen (secondary N) is 1. The smallest absolute Gasteiger partial charge is 0.267 e. The summed E-state index contributed by atoms with van der Waals surface area (Å²) in [6, 6.07) is 18.3. The molecule has 36 heavy (non-hydrogen) atoms. The van der Waals surface area contributed by atoms with Gasteiger partial charge in [0.2, 0.25) is 0 Å². The standard InChI is InChI=1S/C26H27F3N4O2S/c1-32-24(17-5-3-2-4-6-17)14-23(30-32)19-8-7-18-12-21-9-10-22(13-20(18)11-19)25(21)15-33(16-26(27,28)29)36(34,35)31-25/h2-8,11,14,21-22,31H,9-10,12-13,15-16H2,1H3/t21-,22+,25+/m0/s1. The van der Waals surface area contributed by atoms with Gasteiger partial charge in [0.15, 0.2) is 0 Å². The Labute approximate surface area is 208 Å². The minimum absolute atomic E-state index is 0.0397. The van der Waals surface area contributed by atoms with Crippen LogP contribution in [-0.2, 0) is 30.1 Å². The van der Waals surface area contributed by atoms with Gasteiger partial charge >= 0.3 is 6.18 Å². The molecule has 1 saturated carbocycles. The molecule has 1 aliphatic heterocycles. The number of hydrogen-bond donors (Lipinski definition) is 1. The summed E-state index contributed by atoms with van der Waals surface area (Å²) in [7, 11) is -2.27. The lowest BCUT2D eigenvalue weighted by Crippen LogP contribution is -2.52. The fourth-order valence-corrected chi connectivity index (χ4v) is 8.20. The van der Waals surface area contributed by atoms with Gasteiger partial charge in [-0.2, -0.15) is 35.7 Å². The molecule has 0 radical (unpaired) electrons. The lowest BCUT2D eigenvalue weighted by molar-refractivity contribution is -0.136. The third kappa shape index (κ3) is 3.95. The third-order valence-corrected chi connectivity index (χ3v) is 9.73. The van der Waals surface area contributed by atoms with E-state index in [9.17, 15) is 21.6 Å². The van der Waals surface area contributed by atoms with E-state index in [1.807, 2.05) is 48.1 Å². The van der Waals surface area contributed by atoms with E-state index in [1.54, 1.807) is 0 Å². The lowest BCUT2D eigenvalue weighted by Gasteiger charge is -2.33. The van der Waals surface area contributed by atoms with Crippen molar-refractivity contribution in [2.24, 2.45) is 18.9 Å². The van der Waals surface area contributed by atoms with Crippen LogP contribution >= 0.6 is 0 Å². The molecule has 0 unspecified atom stereocenters. The third-order valence-electron chi connectivity index (χ3n) is 8.16. The minimum atomic E-state index is -4.58. The van der Waals surface area contributed by atoms with E-state index in [2.05, 4.69) is 22.9 Å². The van der Waals surface area contributed by atoms with Crippen LogP contribution in [-0.4, -0.2) is 47.3 Å². The first kappa shape index (κ1) is 23.7. The zero-order valence-corrected chi connectivity index (χ0v) is 20.6. The van der Waals surface area contributed by atoms with E-state index >= 15 is 0 Å². The highest BCUT2D eigenvalue weighted by Gasteiger charge is 2.60. The molecular formula is C26H27F3N4O2S. The van der Waals surface area contributed by atoms with E-state index in [0.717, 1.165) is 46.5 Å². The van der Waals surface area contributed by atoms with E-state index in [1.165, 1.54) is 0 Å².